The number of hydrogen-bond acceptors (Lipinski definition) is 3. The number of carbonyl (C=O) groups is 1. The Hall–Kier alpha value is -2.10. The van der Waals surface area contributed by atoms with Gasteiger partial charge >= 0.3 is 5.97 Å². The first-order valence-corrected chi connectivity index (χ1v) is 5.41. The number of H-pyrrole nitrogens is 1. The maximum atomic E-state index is 12.0. The van der Waals surface area contributed by atoms with Crippen molar-refractivity contribution in [1.82, 2.24) is 4.98 Å². The molecule has 2 rings (SSSR count). The van der Waals surface area contributed by atoms with Crippen LogP contribution in [-0.4, -0.2) is 17.1 Å². The molecule has 4 heteroatoms. The predicted octanol–water partition coefficient (Wildman–Crippen LogP) is 2.09. The average molecular weight is 231 g/mol. The number of aromatic nitrogens is 1. The van der Waals surface area contributed by atoms with Gasteiger partial charge in [0.2, 0.25) is 5.43 Å². The predicted molar refractivity (Wildman–Crippen MR) is 65.1 cm³/mol. The van der Waals surface area contributed by atoms with Crippen molar-refractivity contribution in [3.8, 4) is 0 Å². The van der Waals surface area contributed by atoms with E-state index >= 15 is 0 Å². The Bertz CT molecular complexity index is 613. The van der Waals surface area contributed by atoms with Crippen molar-refractivity contribution in [2.24, 2.45) is 0 Å². The molecular weight excluding hydrogens is 218 g/mol. The topological polar surface area (TPSA) is 59.2 Å². The SMILES string of the molecule is CC(C)OC(=O)c1c[nH]c2ccccc2c1=O. The molecule has 0 atom stereocenters. The van der Waals surface area contributed by atoms with E-state index in [1.54, 1.807) is 32.0 Å². The second kappa shape index (κ2) is 4.41. The molecule has 0 amide bonds. The summed E-state index contributed by atoms with van der Waals surface area (Å²) in [4.78, 5) is 26.6. The lowest BCUT2D eigenvalue weighted by atomic mass is 10.1. The third kappa shape index (κ3) is 2.20. The zero-order valence-electron chi connectivity index (χ0n) is 9.69. The third-order valence-corrected chi connectivity index (χ3v) is 2.35. The first kappa shape index (κ1) is 11.4. The highest BCUT2D eigenvalue weighted by Gasteiger charge is 2.15. The van der Waals surface area contributed by atoms with Crippen LogP contribution in [0.25, 0.3) is 10.9 Å². The van der Waals surface area contributed by atoms with E-state index in [0.717, 1.165) is 0 Å². The number of rotatable bonds is 2. The fourth-order valence-electron chi connectivity index (χ4n) is 1.60. The Morgan fingerprint density at radius 1 is 1.29 bits per heavy atom. The van der Waals surface area contributed by atoms with Crippen molar-refractivity contribution in [1.29, 1.82) is 0 Å². The first-order chi connectivity index (χ1) is 8.09. The molecule has 0 aliphatic carbocycles. The van der Waals surface area contributed by atoms with Gasteiger partial charge in [0.15, 0.2) is 0 Å². The minimum Gasteiger partial charge on any atom is -0.459 e. The number of esters is 1. The maximum Gasteiger partial charge on any atom is 0.343 e. The molecule has 1 aromatic carbocycles. The number of ether oxygens (including phenoxy) is 1. The van der Waals surface area contributed by atoms with E-state index in [-0.39, 0.29) is 17.1 Å². The summed E-state index contributed by atoms with van der Waals surface area (Å²) in [7, 11) is 0. The minimum atomic E-state index is -0.591. The van der Waals surface area contributed by atoms with Crippen LogP contribution in [0.1, 0.15) is 24.2 Å². The van der Waals surface area contributed by atoms with Crippen molar-refractivity contribution < 1.29 is 9.53 Å². The number of nitrogens with one attached hydrogen (secondary N) is 1. The molecule has 0 fully saturated rings. The van der Waals surface area contributed by atoms with Gasteiger partial charge in [0.1, 0.15) is 5.56 Å². The van der Waals surface area contributed by atoms with Crippen molar-refractivity contribution in [2.45, 2.75) is 20.0 Å². The fourth-order valence-corrected chi connectivity index (χ4v) is 1.60. The Kier molecular flexibility index (Phi) is 2.95. The molecule has 17 heavy (non-hydrogen) atoms. The van der Waals surface area contributed by atoms with Crippen molar-refractivity contribution >= 4 is 16.9 Å². The first-order valence-electron chi connectivity index (χ1n) is 5.41. The minimum absolute atomic E-state index is 0.0393. The summed E-state index contributed by atoms with van der Waals surface area (Å²) >= 11 is 0. The number of benzene rings is 1. The van der Waals surface area contributed by atoms with Crippen LogP contribution in [0.4, 0.5) is 0 Å². The number of para-hydroxylation sites is 1. The van der Waals surface area contributed by atoms with E-state index in [1.165, 1.54) is 6.20 Å². The zero-order chi connectivity index (χ0) is 12.4. The maximum absolute atomic E-state index is 12.0. The number of fused-ring (bicyclic) bond motifs is 1. The van der Waals surface area contributed by atoms with E-state index in [1.807, 2.05) is 6.07 Å². The summed E-state index contributed by atoms with van der Waals surface area (Å²) in [6, 6.07) is 7.05. The lowest BCUT2D eigenvalue weighted by Gasteiger charge is -2.07. The van der Waals surface area contributed by atoms with Gasteiger partial charge in [-0.25, -0.2) is 4.79 Å². The summed E-state index contributed by atoms with van der Waals surface area (Å²) in [5.41, 5.74) is 0.445. The van der Waals surface area contributed by atoms with E-state index in [4.69, 9.17) is 4.74 Å². The average Bonchev–Trinajstić information content (AvgIpc) is 2.28. The van der Waals surface area contributed by atoms with Crippen molar-refractivity contribution in [2.75, 3.05) is 0 Å². The standard InChI is InChI=1S/C13H13NO3/c1-8(2)17-13(16)10-7-14-11-6-4-3-5-9(11)12(10)15/h3-8H,1-2H3,(H,14,15). The molecule has 0 aliphatic heterocycles. The molecule has 4 nitrogen and oxygen atoms in total. The van der Waals surface area contributed by atoms with Gasteiger partial charge in [-0.05, 0) is 26.0 Å². The highest BCUT2D eigenvalue weighted by Crippen LogP contribution is 2.08. The normalized spacial score (nSPS) is 10.8. The molecule has 0 saturated heterocycles. The van der Waals surface area contributed by atoms with Crippen molar-refractivity contribution in [3.05, 3.63) is 46.2 Å². The van der Waals surface area contributed by atoms with Gasteiger partial charge in [0, 0.05) is 17.1 Å². The highest BCUT2D eigenvalue weighted by atomic mass is 16.5. The number of hydrogen-bond donors (Lipinski definition) is 1. The molecule has 0 saturated carbocycles. The number of aromatic amines is 1. The van der Waals surface area contributed by atoms with E-state index in [0.29, 0.717) is 10.9 Å². The van der Waals surface area contributed by atoms with Crippen LogP contribution in [0, 0.1) is 0 Å². The molecule has 1 heterocycles. The molecule has 1 N–H and O–H groups in total. The van der Waals surface area contributed by atoms with Crippen LogP contribution in [0.15, 0.2) is 35.3 Å². The van der Waals surface area contributed by atoms with Gasteiger partial charge < -0.3 is 9.72 Å². The second-order valence-electron chi connectivity index (χ2n) is 4.03. The van der Waals surface area contributed by atoms with E-state index in [9.17, 15) is 9.59 Å². The summed E-state index contributed by atoms with van der Waals surface area (Å²) in [5.74, 6) is -0.591. The number of carbonyl (C=O) groups excluding carboxylic acids is 1. The molecule has 2 aromatic rings. The molecule has 0 radical (unpaired) electrons. The Morgan fingerprint density at radius 3 is 2.71 bits per heavy atom. The van der Waals surface area contributed by atoms with Gasteiger partial charge in [-0.1, -0.05) is 12.1 Å². The molecule has 0 spiro atoms. The molecular formula is C13H13NO3. The number of pyridine rings is 1. The second-order valence-corrected chi connectivity index (χ2v) is 4.03. The van der Waals surface area contributed by atoms with Gasteiger partial charge in [0.25, 0.3) is 0 Å². The third-order valence-electron chi connectivity index (χ3n) is 2.35. The summed E-state index contributed by atoms with van der Waals surface area (Å²) in [6.45, 7) is 3.49. The van der Waals surface area contributed by atoms with Crippen LogP contribution >= 0.6 is 0 Å². The summed E-state index contributed by atoms with van der Waals surface area (Å²) < 4.78 is 5.01. The zero-order valence-corrected chi connectivity index (χ0v) is 9.69. The van der Waals surface area contributed by atoms with E-state index in [2.05, 4.69) is 4.98 Å². The van der Waals surface area contributed by atoms with Gasteiger partial charge in [-0.2, -0.15) is 0 Å². The largest absolute Gasteiger partial charge is 0.459 e. The smallest absolute Gasteiger partial charge is 0.343 e. The van der Waals surface area contributed by atoms with Crippen LogP contribution in [0.5, 0.6) is 0 Å². The van der Waals surface area contributed by atoms with Crippen LogP contribution in [0.3, 0.4) is 0 Å². The van der Waals surface area contributed by atoms with E-state index < -0.39 is 5.97 Å². The van der Waals surface area contributed by atoms with Gasteiger partial charge in [-0.15, -0.1) is 0 Å². The van der Waals surface area contributed by atoms with Gasteiger partial charge in [-0.3, -0.25) is 4.79 Å². The quantitative estimate of drug-likeness (QED) is 0.805. The monoisotopic (exact) mass is 231 g/mol. The van der Waals surface area contributed by atoms with Gasteiger partial charge in [0.05, 0.1) is 6.10 Å². The molecule has 0 unspecified atom stereocenters. The summed E-state index contributed by atoms with van der Waals surface area (Å²) in [5, 5.41) is 0.491. The van der Waals surface area contributed by atoms with Crippen LogP contribution in [-0.2, 0) is 4.74 Å². The molecule has 0 aliphatic rings. The Balaban J connectivity index is 2.53. The lowest BCUT2D eigenvalue weighted by Crippen LogP contribution is -2.20. The Morgan fingerprint density at radius 2 is 2.00 bits per heavy atom. The molecule has 1 aromatic heterocycles. The molecule has 0 bridgehead atoms. The fraction of sp³-hybridized carbons (Fsp3) is 0.231. The summed E-state index contributed by atoms with van der Waals surface area (Å²) in [6.07, 6.45) is 1.16. The lowest BCUT2D eigenvalue weighted by molar-refractivity contribution is 0.0376. The highest BCUT2D eigenvalue weighted by molar-refractivity contribution is 5.93. The van der Waals surface area contributed by atoms with Crippen LogP contribution < -0.4 is 5.43 Å². The van der Waals surface area contributed by atoms with Crippen LogP contribution in [0.2, 0.25) is 0 Å². The Labute approximate surface area is 98.2 Å². The van der Waals surface area contributed by atoms with Crippen molar-refractivity contribution in [3.63, 3.8) is 0 Å². The molecule has 88 valence electrons.